The van der Waals surface area contributed by atoms with Gasteiger partial charge >= 0.3 is 6.11 Å². The second-order valence-corrected chi connectivity index (χ2v) is 5.04. The first-order chi connectivity index (χ1) is 12.7. The summed E-state index contributed by atoms with van der Waals surface area (Å²) in [6.07, 6.45) is -0.999. The van der Waals surface area contributed by atoms with E-state index >= 15 is 0 Å². The van der Waals surface area contributed by atoms with Gasteiger partial charge in [0.15, 0.2) is 17.5 Å². The van der Waals surface area contributed by atoms with Gasteiger partial charge in [0.25, 0.3) is 5.91 Å². The van der Waals surface area contributed by atoms with Crippen molar-refractivity contribution in [3.05, 3.63) is 76.6 Å². The molecule has 5 nitrogen and oxygen atoms in total. The van der Waals surface area contributed by atoms with Crippen LogP contribution in [-0.2, 0) is 15.7 Å². The van der Waals surface area contributed by atoms with Gasteiger partial charge in [-0.2, -0.15) is 8.78 Å². The maximum Gasteiger partial charge on any atom is 0.449 e. The van der Waals surface area contributed by atoms with E-state index in [2.05, 4.69) is 9.99 Å². The molecule has 142 valence electrons. The minimum absolute atomic E-state index is 0.320. The van der Waals surface area contributed by atoms with E-state index in [9.17, 15) is 26.7 Å². The van der Waals surface area contributed by atoms with Crippen molar-refractivity contribution in [1.82, 2.24) is 5.48 Å². The second kappa shape index (κ2) is 8.41. The van der Waals surface area contributed by atoms with Crippen molar-refractivity contribution >= 4 is 18.2 Å². The number of rotatable bonds is 6. The molecule has 0 aromatic heterocycles. The van der Waals surface area contributed by atoms with Crippen molar-refractivity contribution in [3.8, 4) is 0 Å². The van der Waals surface area contributed by atoms with Crippen molar-refractivity contribution in [2.45, 2.75) is 6.11 Å². The van der Waals surface area contributed by atoms with Crippen LogP contribution in [0.25, 0.3) is 6.08 Å². The summed E-state index contributed by atoms with van der Waals surface area (Å²) in [5.41, 5.74) is 0.789. The highest BCUT2D eigenvalue weighted by Crippen LogP contribution is 2.33. The third-order valence-electron chi connectivity index (χ3n) is 3.19. The molecule has 0 unspecified atom stereocenters. The standard InChI is InChI=1S/C17H11F5N2O3/c18-13-7-6-12(15(19)16(13)20)17(21,22)27-23-9-11-3-1-10(2-4-11)5-8-14(25)24-26/h1-9,26H,(H,24,25)/b8-5+,23-9?. The number of hydrogen-bond acceptors (Lipinski definition) is 4. The molecule has 0 aliphatic rings. The van der Waals surface area contributed by atoms with Crippen LogP contribution in [0.3, 0.4) is 0 Å². The van der Waals surface area contributed by atoms with Crippen LogP contribution in [0.4, 0.5) is 22.0 Å². The highest BCUT2D eigenvalue weighted by atomic mass is 19.3. The Balaban J connectivity index is 2.07. The molecule has 0 saturated heterocycles. The van der Waals surface area contributed by atoms with Crippen LogP contribution in [0.5, 0.6) is 0 Å². The number of carbonyl (C=O) groups excluding carboxylic acids is 1. The number of alkyl halides is 2. The van der Waals surface area contributed by atoms with Gasteiger partial charge in [0, 0.05) is 6.08 Å². The Morgan fingerprint density at radius 1 is 1.04 bits per heavy atom. The van der Waals surface area contributed by atoms with E-state index in [1.807, 2.05) is 0 Å². The summed E-state index contributed by atoms with van der Waals surface area (Å²) in [6.45, 7) is 0. The molecule has 0 spiro atoms. The first kappa shape index (κ1) is 20.0. The fourth-order valence-corrected chi connectivity index (χ4v) is 1.86. The topological polar surface area (TPSA) is 70.9 Å². The predicted octanol–water partition coefficient (Wildman–Crippen LogP) is 3.72. The average Bonchev–Trinajstić information content (AvgIpc) is 2.64. The van der Waals surface area contributed by atoms with Gasteiger partial charge in [0.1, 0.15) is 5.56 Å². The molecule has 2 N–H and O–H groups in total. The zero-order chi connectivity index (χ0) is 20.0. The Bertz CT molecular complexity index is 883. The molecular formula is C17H11F5N2O3. The van der Waals surface area contributed by atoms with Crippen molar-refractivity contribution in [2.24, 2.45) is 5.16 Å². The van der Waals surface area contributed by atoms with Crippen LogP contribution in [0.1, 0.15) is 16.7 Å². The smallest absolute Gasteiger partial charge is 0.318 e. The highest BCUT2D eigenvalue weighted by molar-refractivity contribution is 5.91. The molecule has 2 aromatic carbocycles. The van der Waals surface area contributed by atoms with E-state index in [1.54, 1.807) is 0 Å². The number of hydrogen-bond donors (Lipinski definition) is 2. The molecule has 10 heteroatoms. The fraction of sp³-hybridized carbons (Fsp3) is 0.0588. The van der Waals surface area contributed by atoms with Gasteiger partial charge in [-0.25, -0.2) is 18.7 Å². The summed E-state index contributed by atoms with van der Waals surface area (Å²) in [7, 11) is 0. The van der Waals surface area contributed by atoms with Gasteiger partial charge < -0.3 is 4.84 Å². The molecule has 0 saturated carbocycles. The zero-order valence-corrected chi connectivity index (χ0v) is 13.3. The summed E-state index contributed by atoms with van der Waals surface area (Å²) in [4.78, 5) is 14.8. The molecule has 0 bridgehead atoms. The Morgan fingerprint density at radius 3 is 2.30 bits per heavy atom. The lowest BCUT2D eigenvalue weighted by Gasteiger charge is -2.14. The van der Waals surface area contributed by atoms with Gasteiger partial charge in [-0.3, -0.25) is 10.0 Å². The van der Waals surface area contributed by atoms with Crippen molar-refractivity contribution in [2.75, 3.05) is 0 Å². The lowest BCUT2D eigenvalue weighted by atomic mass is 10.1. The summed E-state index contributed by atoms with van der Waals surface area (Å²) in [6, 6.07) is 6.61. The van der Waals surface area contributed by atoms with Crippen LogP contribution < -0.4 is 5.48 Å². The molecule has 0 aliphatic heterocycles. The third kappa shape index (κ3) is 5.11. The van der Waals surface area contributed by atoms with E-state index in [0.29, 0.717) is 23.3 Å². The number of nitrogens with zero attached hydrogens (tertiary/aromatic N) is 1. The van der Waals surface area contributed by atoms with E-state index in [-0.39, 0.29) is 0 Å². The maximum absolute atomic E-state index is 13.8. The van der Waals surface area contributed by atoms with Gasteiger partial charge in [-0.1, -0.05) is 29.4 Å². The quantitative estimate of drug-likeness (QED) is 0.199. The van der Waals surface area contributed by atoms with Crippen molar-refractivity contribution in [3.63, 3.8) is 0 Å². The van der Waals surface area contributed by atoms with Crippen LogP contribution in [0.2, 0.25) is 0 Å². The number of nitrogens with one attached hydrogen (secondary N) is 1. The Kier molecular flexibility index (Phi) is 6.24. The van der Waals surface area contributed by atoms with E-state index in [4.69, 9.17) is 5.21 Å². The fourth-order valence-electron chi connectivity index (χ4n) is 1.86. The lowest BCUT2D eigenvalue weighted by molar-refractivity contribution is -0.250. The number of amides is 1. The van der Waals surface area contributed by atoms with Crippen LogP contribution in [0, 0.1) is 17.5 Å². The number of oxime groups is 1. The molecule has 0 aliphatic carbocycles. The lowest BCUT2D eigenvalue weighted by Crippen LogP contribution is -2.18. The van der Waals surface area contributed by atoms with E-state index < -0.39 is 35.0 Å². The first-order valence-corrected chi connectivity index (χ1v) is 7.20. The molecule has 0 heterocycles. The summed E-state index contributed by atoms with van der Waals surface area (Å²) in [5.74, 6) is -6.46. The van der Waals surface area contributed by atoms with Gasteiger partial charge in [0.05, 0.1) is 6.21 Å². The SMILES string of the molecule is O=C(/C=C/c1ccc(C=NOC(F)(F)c2ccc(F)c(F)c2F)cc1)NO. The van der Waals surface area contributed by atoms with Crippen LogP contribution in [0.15, 0.2) is 47.6 Å². The maximum atomic E-state index is 13.8. The summed E-state index contributed by atoms with van der Waals surface area (Å²) < 4.78 is 66.8. The van der Waals surface area contributed by atoms with Crippen LogP contribution in [-0.4, -0.2) is 17.3 Å². The number of halogens is 5. The molecule has 0 atom stereocenters. The minimum atomic E-state index is -4.32. The zero-order valence-electron chi connectivity index (χ0n) is 13.3. The van der Waals surface area contributed by atoms with Crippen molar-refractivity contribution in [1.29, 1.82) is 0 Å². The first-order valence-electron chi connectivity index (χ1n) is 7.20. The minimum Gasteiger partial charge on any atom is -0.318 e. The normalized spacial score (nSPS) is 11.9. The van der Waals surface area contributed by atoms with Gasteiger partial charge in [-0.15, -0.1) is 0 Å². The summed E-state index contributed by atoms with van der Waals surface area (Å²) >= 11 is 0. The number of benzene rings is 2. The molecular weight excluding hydrogens is 375 g/mol. The number of carbonyl (C=O) groups is 1. The Morgan fingerprint density at radius 2 is 1.67 bits per heavy atom. The van der Waals surface area contributed by atoms with Crippen LogP contribution >= 0.6 is 0 Å². The van der Waals surface area contributed by atoms with Gasteiger partial charge in [-0.05, 0) is 29.3 Å². The molecule has 1 amide bonds. The average molecular weight is 386 g/mol. The second-order valence-electron chi connectivity index (χ2n) is 5.04. The van der Waals surface area contributed by atoms with E-state index in [0.717, 1.165) is 12.3 Å². The third-order valence-corrected chi connectivity index (χ3v) is 3.19. The Labute approximate surface area is 149 Å². The van der Waals surface area contributed by atoms with Gasteiger partial charge in [0.2, 0.25) is 0 Å². The predicted molar refractivity (Wildman–Crippen MR) is 84.3 cm³/mol. The molecule has 2 rings (SSSR count). The van der Waals surface area contributed by atoms with E-state index in [1.165, 1.54) is 35.8 Å². The molecule has 27 heavy (non-hydrogen) atoms. The summed E-state index contributed by atoms with van der Waals surface area (Å²) in [5, 5.41) is 11.4. The number of hydroxylamine groups is 1. The monoisotopic (exact) mass is 386 g/mol. The van der Waals surface area contributed by atoms with Crippen molar-refractivity contribution < 1.29 is 36.8 Å². The Hall–Kier alpha value is -3.27. The molecule has 0 fully saturated rings. The highest BCUT2D eigenvalue weighted by Gasteiger charge is 2.39. The molecule has 0 radical (unpaired) electrons. The largest absolute Gasteiger partial charge is 0.449 e. The molecule has 2 aromatic rings.